The molecule has 2 aromatic rings. The van der Waals surface area contributed by atoms with Crippen molar-refractivity contribution in [2.75, 3.05) is 5.01 Å². The maximum atomic E-state index is 14.2. The SMILES string of the molecule is C/C(N)=C(\c1cn(C2C=CC(C(=O)NC3CC3)=CN2)cn1)N(N)c1ccccc1F. The maximum Gasteiger partial charge on any atom is 0.252 e. The third-order valence-electron chi connectivity index (χ3n) is 4.93. The molecule has 30 heavy (non-hydrogen) atoms. The molecule has 1 unspecified atom stereocenters. The minimum Gasteiger partial charge on any atom is -0.400 e. The van der Waals surface area contributed by atoms with Gasteiger partial charge in [-0.2, -0.15) is 0 Å². The third kappa shape index (κ3) is 4.06. The monoisotopic (exact) mass is 409 g/mol. The highest BCUT2D eigenvalue weighted by molar-refractivity contribution is 5.96. The Balaban J connectivity index is 1.51. The van der Waals surface area contributed by atoms with E-state index >= 15 is 0 Å². The second-order valence-electron chi connectivity index (χ2n) is 7.38. The number of hydrazine groups is 1. The van der Waals surface area contributed by atoms with Crippen molar-refractivity contribution in [3.8, 4) is 0 Å². The molecule has 1 fully saturated rings. The Kier molecular flexibility index (Phi) is 5.28. The second-order valence-corrected chi connectivity index (χ2v) is 7.38. The number of imidazole rings is 1. The number of amides is 1. The van der Waals surface area contributed by atoms with E-state index in [9.17, 15) is 9.18 Å². The van der Waals surface area contributed by atoms with Gasteiger partial charge in [0.1, 0.15) is 23.4 Å². The molecular weight excluding hydrogens is 385 g/mol. The number of para-hydroxylation sites is 1. The normalized spacial score (nSPS) is 18.9. The van der Waals surface area contributed by atoms with E-state index in [0.29, 0.717) is 28.7 Å². The lowest BCUT2D eigenvalue weighted by Crippen LogP contribution is -2.32. The van der Waals surface area contributed by atoms with Crippen LogP contribution in [0.1, 0.15) is 31.6 Å². The molecular formula is C21H24FN7O. The first-order valence-electron chi connectivity index (χ1n) is 9.69. The quantitative estimate of drug-likeness (QED) is 0.428. The highest BCUT2D eigenvalue weighted by Gasteiger charge is 2.25. The molecule has 1 aliphatic carbocycles. The summed E-state index contributed by atoms with van der Waals surface area (Å²) in [6.07, 6.45) is 10.6. The molecule has 0 bridgehead atoms. The Morgan fingerprint density at radius 2 is 2.13 bits per heavy atom. The van der Waals surface area contributed by atoms with Crippen LogP contribution in [0.15, 0.2) is 66.4 Å². The zero-order valence-corrected chi connectivity index (χ0v) is 16.5. The van der Waals surface area contributed by atoms with E-state index in [2.05, 4.69) is 15.6 Å². The molecule has 0 spiro atoms. The van der Waals surface area contributed by atoms with Gasteiger partial charge in [-0.05, 0) is 44.1 Å². The second kappa shape index (κ2) is 8.03. The number of benzene rings is 1. The van der Waals surface area contributed by atoms with Crippen LogP contribution in [0.25, 0.3) is 5.70 Å². The van der Waals surface area contributed by atoms with Gasteiger partial charge in [-0.15, -0.1) is 0 Å². The molecule has 2 aliphatic rings. The van der Waals surface area contributed by atoms with Gasteiger partial charge in [-0.1, -0.05) is 12.1 Å². The molecule has 1 aromatic heterocycles. The molecule has 4 rings (SSSR count). The number of rotatable bonds is 6. The van der Waals surface area contributed by atoms with E-state index in [1.165, 1.54) is 11.1 Å². The van der Waals surface area contributed by atoms with Crippen LogP contribution in [0, 0.1) is 5.82 Å². The molecule has 8 nitrogen and oxygen atoms in total. The largest absolute Gasteiger partial charge is 0.400 e. The van der Waals surface area contributed by atoms with Crippen LogP contribution >= 0.6 is 0 Å². The van der Waals surface area contributed by atoms with Crippen LogP contribution in [0.2, 0.25) is 0 Å². The fraction of sp³-hybridized carbons (Fsp3) is 0.238. The highest BCUT2D eigenvalue weighted by Crippen LogP contribution is 2.27. The summed E-state index contributed by atoms with van der Waals surface area (Å²) in [6, 6.07) is 6.49. The van der Waals surface area contributed by atoms with E-state index in [-0.39, 0.29) is 17.8 Å². The number of nitrogens with zero attached hydrogens (tertiary/aromatic N) is 3. The summed E-state index contributed by atoms with van der Waals surface area (Å²) in [7, 11) is 0. The molecule has 1 atom stereocenters. The first kappa shape index (κ1) is 19.7. The molecule has 1 aromatic carbocycles. The van der Waals surface area contributed by atoms with Gasteiger partial charge in [0.25, 0.3) is 5.91 Å². The standard InChI is InChI=1S/C21H24FN7O/c1-13(23)20(29(24)18-5-3-2-4-16(18)22)17-11-28(12-26-17)19-9-6-14(10-25-19)21(30)27-15-7-8-15/h2-6,9-12,15,19,25H,7-8,23-24H2,1H3,(H,27,30)/b20-13-. The fourth-order valence-corrected chi connectivity index (χ4v) is 3.19. The Morgan fingerprint density at radius 1 is 1.37 bits per heavy atom. The van der Waals surface area contributed by atoms with Gasteiger partial charge >= 0.3 is 0 Å². The predicted octanol–water partition coefficient (Wildman–Crippen LogP) is 1.87. The van der Waals surface area contributed by atoms with E-state index in [0.717, 1.165) is 12.8 Å². The minimum absolute atomic E-state index is 0.0846. The number of hydrogen-bond donors (Lipinski definition) is 4. The van der Waals surface area contributed by atoms with Crippen molar-refractivity contribution in [2.45, 2.75) is 32.0 Å². The van der Waals surface area contributed by atoms with Crippen LogP contribution in [-0.2, 0) is 4.79 Å². The van der Waals surface area contributed by atoms with E-state index in [1.807, 2.05) is 10.6 Å². The fourth-order valence-electron chi connectivity index (χ4n) is 3.19. The third-order valence-corrected chi connectivity index (χ3v) is 4.93. The number of dihydropyridines is 1. The summed E-state index contributed by atoms with van der Waals surface area (Å²) in [5, 5.41) is 7.32. The van der Waals surface area contributed by atoms with Gasteiger partial charge < -0.3 is 20.9 Å². The average molecular weight is 409 g/mol. The zero-order chi connectivity index (χ0) is 21.3. The van der Waals surface area contributed by atoms with Crippen LogP contribution in [0.4, 0.5) is 10.1 Å². The lowest BCUT2D eigenvalue weighted by Gasteiger charge is -2.23. The Labute approximate surface area is 173 Å². The lowest BCUT2D eigenvalue weighted by molar-refractivity contribution is -0.117. The molecule has 1 saturated carbocycles. The summed E-state index contributed by atoms with van der Waals surface area (Å²) in [4.78, 5) is 16.5. The topological polar surface area (TPSA) is 114 Å². The maximum absolute atomic E-state index is 14.2. The van der Waals surface area contributed by atoms with Crippen LogP contribution < -0.4 is 27.2 Å². The number of carbonyl (C=O) groups excluding carboxylic acids is 1. The Bertz CT molecular complexity index is 1050. The van der Waals surface area contributed by atoms with Crippen LogP contribution in [-0.4, -0.2) is 21.5 Å². The summed E-state index contributed by atoms with van der Waals surface area (Å²) in [5.74, 6) is 5.63. The van der Waals surface area contributed by atoms with Gasteiger partial charge in [0, 0.05) is 24.1 Å². The lowest BCUT2D eigenvalue weighted by atomic mass is 10.2. The number of carbonyl (C=O) groups is 1. The molecule has 0 radical (unpaired) electrons. The molecule has 0 saturated heterocycles. The van der Waals surface area contributed by atoms with Crippen molar-refractivity contribution < 1.29 is 9.18 Å². The smallest absolute Gasteiger partial charge is 0.252 e. The number of halogens is 1. The Morgan fingerprint density at radius 3 is 2.77 bits per heavy atom. The summed E-state index contributed by atoms with van der Waals surface area (Å²) in [6.45, 7) is 1.68. The van der Waals surface area contributed by atoms with Crippen molar-refractivity contribution in [1.29, 1.82) is 0 Å². The van der Waals surface area contributed by atoms with Crippen molar-refractivity contribution in [1.82, 2.24) is 20.2 Å². The van der Waals surface area contributed by atoms with Crippen LogP contribution in [0.5, 0.6) is 0 Å². The van der Waals surface area contributed by atoms with Gasteiger partial charge in [0.2, 0.25) is 0 Å². The van der Waals surface area contributed by atoms with Crippen molar-refractivity contribution in [2.24, 2.45) is 11.6 Å². The Hall–Kier alpha value is -3.59. The van der Waals surface area contributed by atoms with Gasteiger partial charge in [0.15, 0.2) is 0 Å². The van der Waals surface area contributed by atoms with Crippen LogP contribution in [0.3, 0.4) is 0 Å². The van der Waals surface area contributed by atoms with Gasteiger partial charge in [-0.3, -0.25) is 9.80 Å². The van der Waals surface area contributed by atoms with Gasteiger partial charge in [-0.25, -0.2) is 15.2 Å². The number of allylic oxidation sites excluding steroid dienone is 1. The average Bonchev–Trinajstić information content (AvgIpc) is 3.42. The summed E-state index contributed by atoms with van der Waals surface area (Å²) < 4.78 is 16.0. The van der Waals surface area contributed by atoms with E-state index in [1.54, 1.807) is 49.9 Å². The highest BCUT2D eigenvalue weighted by atomic mass is 19.1. The molecule has 1 aliphatic heterocycles. The first-order valence-corrected chi connectivity index (χ1v) is 9.69. The molecule has 156 valence electrons. The first-order chi connectivity index (χ1) is 14.4. The van der Waals surface area contributed by atoms with Crippen molar-refractivity contribution in [3.63, 3.8) is 0 Å². The van der Waals surface area contributed by atoms with Crippen molar-refractivity contribution in [3.05, 3.63) is 77.9 Å². The zero-order valence-electron chi connectivity index (χ0n) is 16.5. The number of hydrogen-bond acceptors (Lipinski definition) is 6. The van der Waals surface area contributed by atoms with E-state index in [4.69, 9.17) is 11.6 Å². The van der Waals surface area contributed by atoms with E-state index < -0.39 is 5.82 Å². The summed E-state index contributed by atoms with van der Waals surface area (Å²) >= 11 is 0. The molecule has 1 amide bonds. The summed E-state index contributed by atoms with van der Waals surface area (Å²) in [5.41, 5.74) is 8.11. The minimum atomic E-state index is -0.461. The van der Waals surface area contributed by atoms with Crippen molar-refractivity contribution >= 4 is 17.3 Å². The number of aromatic nitrogens is 2. The van der Waals surface area contributed by atoms with Gasteiger partial charge in [0.05, 0.1) is 17.6 Å². The molecule has 9 heteroatoms. The molecule has 6 N–H and O–H groups in total. The number of nitrogens with two attached hydrogens (primary N) is 2. The number of anilines is 1. The molecule has 2 heterocycles. The predicted molar refractivity (Wildman–Crippen MR) is 113 cm³/mol. The number of nitrogens with one attached hydrogen (secondary N) is 2.